The fraction of sp³-hybridized carbons (Fsp3) is 0.320. The lowest BCUT2D eigenvalue weighted by atomic mass is 10.0. The van der Waals surface area contributed by atoms with Crippen molar-refractivity contribution in [2.45, 2.75) is 23.5 Å². The molecule has 0 radical (unpaired) electrons. The number of benzene rings is 2. The van der Waals surface area contributed by atoms with Gasteiger partial charge in [-0.25, -0.2) is 13.6 Å². The van der Waals surface area contributed by atoms with Crippen molar-refractivity contribution in [2.75, 3.05) is 35.2 Å². The van der Waals surface area contributed by atoms with Gasteiger partial charge in [0.25, 0.3) is 0 Å². The Morgan fingerprint density at radius 2 is 1.97 bits per heavy atom. The number of carbonyl (C=O) groups excluding carboxylic acids is 1. The quantitative estimate of drug-likeness (QED) is 0.453. The lowest BCUT2D eigenvalue weighted by molar-refractivity contribution is -0.128. The van der Waals surface area contributed by atoms with Crippen LogP contribution in [-0.2, 0) is 11.3 Å². The van der Waals surface area contributed by atoms with E-state index in [4.69, 9.17) is 11.6 Å². The molecule has 0 saturated carbocycles. The van der Waals surface area contributed by atoms with Gasteiger partial charge in [0.15, 0.2) is 0 Å². The Balaban J connectivity index is 1.56. The molecule has 0 unspecified atom stereocenters. The highest BCUT2D eigenvalue weighted by Crippen LogP contribution is 2.47. The molecule has 3 aromatic rings. The van der Waals surface area contributed by atoms with Crippen LogP contribution in [0, 0.1) is 11.6 Å². The van der Waals surface area contributed by atoms with Gasteiger partial charge in [0.05, 0.1) is 22.6 Å². The lowest BCUT2D eigenvalue weighted by Crippen LogP contribution is -2.61. The van der Waals surface area contributed by atoms with Crippen molar-refractivity contribution >= 4 is 57.8 Å². The van der Waals surface area contributed by atoms with Gasteiger partial charge in [0, 0.05) is 64.4 Å². The van der Waals surface area contributed by atoms with Crippen LogP contribution >= 0.6 is 35.1 Å². The maximum Gasteiger partial charge on any atom is 0.350 e. The van der Waals surface area contributed by atoms with Crippen LogP contribution < -0.4 is 10.6 Å². The molecule has 2 saturated heterocycles. The van der Waals surface area contributed by atoms with Crippen LogP contribution in [0.25, 0.3) is 22.0 Å². The predicted molar refractivity (Wildman–Crippen MR) is 141 cm³/mol. The highest BCUT2D eigenvalue weighted by Gasteiger charge is 2.43. The summed E-state index contributed by atoms with van der Waals surface area (Å²) in [7, 11) is 0. The fourth-order valence-electron chi connectivity index (χ4n) is 5.44. The topological polar surface area (TPSA) is 58.4 Å². The van der Waals surface area contributed by atoms with E-state index in [1.165, 1.54) is 30.0 Å². The van der Waals surface area contributed by atoms with Crippen molar-refractivity contribution in [1.29, 1.82) is 0 Å². The zero-order valence-electron chi connectivity index (χ0n) is 19.0. The van der Waals surface area contributed by atoms with Crippen molar-refractivity contribution in [2.24, 2.45) is 0 Å². The Kier molecular flexibility index (Phi) is 6.00. The van der Waals surface area contributed by atoms with Crippen LogP contribution in [0.3, 0.4) is 0 Å². The van der Waals surface area contributed by atoms with Crippen molar-refractivity contribution in [3.63, 3.8) is 0 Å². The van der Waals surface area contributed by atoms with E-state index < -0.39 is 11.6 Å². The number of halogens is 3. The second-order valence-corrected chi connectivity index (χ2v) is 11.5. The third-order valence-corrected chi connectivity index (χ3v) is 9.57. The zero-order valence-corrected chi connectivity index (χ0v) is 21.4. The van der Waals surface area contributed by atoms with Crippen LogP contribution in [0.1, 0.15) is 0 Å². The smallest absolute Gasteiger partial charge is 0.348 e. The minimum atomic E-state index is -0.712. The van der Waals surface area contributed by atoms with Gasteiger partial charge in [-0.05, 0) is 24.3 Å². The van der Waals surface area contributed by atoms with Gasteiger partial charge in [0.1, 0.15) is 17.5 Å². The monoisotopic (exact) mass is 546 g/mol. The number of aryl methyl sites for hydroxylation is 1. The molecule has 2 fully saturated rings. The number of amides is 1. The standard InChI is InChI=1S/C25H21ClF2N4O2S2/c1-2-20(33)30-5-6-31(19-12-35-11-18(19)30)24-15-10-16(26)21(14-4-3-13(27)9-17(14)28)23-22(15)32(7-8-36-23)25(34)29-24/h2-4,9-10,18-19H,1,5-8,11-12H2/t18-,19+/m0/s1. The Morgan fingerprint density at radius 3 is 2.75 bits per heavy atom. The van der Waals surface area contributed by atoms with Crippen molar-refractivity contribution in [3.8, 4) is 11.1 Å². The summed E-state index contributed by atoms with van der Waals surface area (Å²) >= 11 is 10.0. The van der Waals surface area contributed by atoms with Gasteiger partial charge in [-0.15, -0.1) is 11.8 Å². The molecule has 186 valence electrons. The van der Waals surface area contributed by atoms with E-state index >= 15 is 0 Å². The molecule has 0 aliphatic carbocycles. The minimum Gasteiger partial charge on any atom is -0.348 e. The SMILES string of the molecule is C=CC(=O)N1CCN(c2nc(=O)n3c4c(c(-c5ccc(F)cc5F)c(Cl)cc24)SCC3)[C@@H]2CSC[C@@H]21. The Bertz CT molecular complexity index is 1500. The zero-order chi connectivity index (χ0) is 25.1. The summed E-state index contributed by atoms with van der Waals surface area (Å²) < 4.78 is 30.1. The molecule has 1 aromatic heterocycles. The molecule has 36 heavy (non-hydrogen) atoms. The van der Waals surface area contributed by atoms with Gasteiger partial charge < -0.3 is 9.80 Å². The maximum absolute atomic E-state index is 14.8. The average Bonchev–Trinajstić information content (AvgIpc) is 3.36. The van der Waals surface area contributed by atoms with E-state index in [-0.39, 0.29) is 29.2 Å². The molecule has 3 aliphatic rings. The van der Waals surface area contributed by atoms with Gasteiger partial charge in [-0.3, -0.25) is 9.36 Å². The van der Waals surface area contributed by atoms with E-state index in [1.54, 1.807) is 22.4 Å². The lowest BCUT2D eigenvalue weighted by Gasteiger charge is -2.45. The summed E-state index contributed by atoms with van der Waals surface area (Å²) in [5.41, 5.74) is 0.927. The number of hydrogen-bond acceptors (Lipinski definition) is 6. The normalized spacial score (nSPS) is 21.1. The number of fused-ring (bicyclic) bond motifs is 1. The highest BCUT2D eigenvalue weighted by molar-refractivity contribution is 7.99. The maximum atomic E-state index is 14.8. The van der Waals surface area contributed by atoms with E-state index in [0.29, 0.717) is 57.6 Å². The molecule has 1 amide bonds. The van der Waals surface area contributed by atoms with Crippen LogP contribution in [0.15, 0.2) is 46.6 Å². The molecule has 0 bridgehead atoms. The Morgan fingerprint density at radius 1 is 1.17 bits per heavy atom. The number of thioether (sulfide) groups is 2. The van der Waals surface area contributed by atoms with E-state index in [1.807, 2.05) is 4.90 Å². The van der Waals surface area contributed by atoms with E-state index in [0.717, 1.165) is 17.6 Å². The Hall–Kier alpha value is -2.56. The summed E-state index contributed by atoms with van der Waals surface area (Å²) in [6, 6.07) is 5.13. The molecule has 2 atom stereocenters. The number of hydrogen-bond donors (Lipinski definition) is 0. The first-order valence-corrected chi connectivity index (χ1v) is 14.0. The first kappa shape index (κ1) is 23.8. The predicted octanol–water partition coefficient (Wildman–Crippen LogP) is 4.42. The summed E-state index contributed by atoms with van der Waals surface area (Å²) in [6.45, 7) is 5.11. The highest BCUT2D eigenvalue weighted by atomic mass is 35.5. The number of piperazine rings is 1. The van der Waals surface area contributed by atoms with Crippen LogP contribution in [0.4, 0.5) is 14.6 Å². The molecule has 0 N–H and O–H groups in total. The van der Waals surface area contributed by atoms with Crippen molar-refractivity contribution in [3.05, 3.63) is 64.1 Å². The minimum absolute atomic E-state index is 0.00867. The molecule has 2 aromatic carbocycles. The fourth-order valence-corrected chi connectivity index (χ4v) is 8.42. The molecule has 11 heteroatoms. The molecule has 3 aliphatic heterocycles. The van der Waals surface area contributed by atoms with Gasteiger partial charge in [0.2, 0.25) is 5.91 Å². The van der Waals surface area contributed by atoms with Crippen molar-refractivity contribution in [1.82, 2.24) is 14.5 Å². The third-order valence-electron chi connectivity index (χ3n) is 7.05. The molecule has 0 spiro atoms. The number of aromatic nitrogens is 2. The van der Waals surface area contributed by atoms with Crippen molar-refractivity contribution < 1.29 is 13.6 Å². The molecular weight excluding hydrogens is 526 g/mol. The molecule has 6 rings (SSSR count). The summed E-state index contributed by atoms with van der Waals surface area (Å²) in [5, 5.41) is 1.02. The number of nitrogens with zero attached hydrogens (tertiary/aromatic N) is 4. The van der Waals surface area contributed by atoms with E-state index in [2.05, 4.69) is 16.5 Å². The summed E-state index contributed by atoms with van der Waals surface area (Å²) in [5.74, 6) is 1.25. The summed E-state index contributed by atoms with van der Waals surface area (Å²) in [4.78, 5) is 34.9. The first-order valence-electron chi connectivity index (χ1n) is 11.5. The van der Waals surface area contributed by atoms with E-state index in [9.17, 15) is 18.4 Å². The van der Waals surface area contributed by atoms with Gasteiger partial charge >= 0.3 is 5.69 Å². The van der Waals surface area contributed by atoms with Crippen LogP contribution in [0.2, 0.25) is 5.02 Å². The average molecular weight is 547 g/mol. The van der Waals surface area contributed by atoms with Crippen LogP contribution in [-0.4, -0.2) is 62.8 Å². The molecular formula is C25H21ClF2N4O2S2. The number of rotatable bonds is 3. The molecule has 4 heterocycles. The Labute approximate surface area is 219 Å². The first-order chi connectivity index (χ1) is 17.4. The summed E-state index contributed by atoms with van der Waals surface area (Å²) in [6.07, 6.45) is 1.34. The third kappa shape index (κ3) is 3.64. The van der Waals surface area contributed by atoms with Gasteiger partial charge in [-0.2, -0.15) is 16.7 Å². The second-order valence-electron chi connectivity index (χ2n) is 8.90. The number of carbonyl (C=O) groups is 1. The van der Waals surface area contributed by atoms with Crippen LogP contribution in [0.5, 0.6) is 0 Å². The molecule has 6 nitrogen and oxygen atoms in total. The van der Waals surface area contributed by atoms with Gasteiger partial charge in [-0.1, -0.05) is 18.2 Å². The second kappa shape index (κ2) is 9.08. The largest absolute Gasteiger partial charge is 0.350 e. The number of anilines is 1.